The van der Waals surface area contributed by atoms with Gasteiger partial charge in [-0.3, -0.25) is 9.71 Å². The number of nitrogens with zero attached hydrogens (tertiary/aromatic N) is 3. The number of nitrogens with one attached hydrogen (secondary N) is 1. The normalized spacial score (nSPS) is 16.2. The van der Waals surface area contributed by atoms with Crippen LogP contribution in [-0.2, 0) is 10.2 Å². The summed E-state index contributed by atoms with van der Waals surface area (Å²) in [6.45, 7) is 1.35. The molecule has 1 aromatic heterocycles. The van der Waals surface area contributed by atoms with E-state index in [1.165, 1.54) is 16.7 Å². The van der Waals surface area contributed by atoms with Gasteiger partial charge >= 0.3 is 10.2 Å². The van der Waals surface area contributed by atoms with Crippen LogP contribution in [0.4, 0.5) is 20.2 Å². The third kappa shape index (κ3) is 4.60. The lowest BCUT2D eigenvalue weighted by atomic mass is 10.3. The van der Waals surface area contributed by atoms with Crippen LogP contribution in [0.25, 0.3) is 0 Å². The number of rotatable bonds is 4. The van der Waals surface area contributed by atoms with E-state index in [0.29, 0.717) is 35.2 Å². The molecular formula is C16H16Cl2F2N4O2S. The van der Waals surface area contributed by atoms with Crippen molar-refractivity contribution in [2.75, 3.05) is 35.8 Å². The quantitative estimate of drug-likeness (QED) is 0.795. The number of hydrogen-bond acceptors (Lipinski definition) is 4. The zero-order valence-electron chi connectivity index (χ0n) is 14.0. The smallest absolute Gasteiger partial charge is 0.301 e. The standard InChI is InChI=1S/C16H16Cl2F2N4O2S/c17-12-9-21-10-13(18)16(12)23-4-1-5-24(7-6-23)27(25,26)22-11-2-3-14(19)15(20)8-11/h2-3,8-10,22H,1,4-7H2. The zero-order valence-corrected chi connectivity index (χ0v) is 16.3. The molecule has 6 nitrogen and oxygen atoms in total. The predicted octanol–water partition coefficient (Wildman–Crippen LogP) is 3.54. The molecule has 1 N–H and O–H groups in total. The molecule has 1 aliphatic rings. The van der Waals surface area contributed by atoms with Crippen LogP contribution in [0, 0.1) is 11.6 Å². The molecule has 1 fully saturated rings. The fourth-order valence-electron chi connectivity index (χ4n) is 2.84. The van der Waals surface area contributed by atoms with Crippen molar-refractivity contribution in [1.29, 1.82) is 0 Å². The van der Waals surface area contributed by atoms with Gasteiger partial charge in [0.15, 0.2) is 11.6 Å². The van der Waals surface area contributed by atoms with E-state index in [9.17, 15) is 17.2 Å². The molecule has 0 amide bonds. The van der Waals surface area contributed by atoms with Crippen molar-refractivity contribution >= 4 is 44.8 Å². The summed E-state index contributed by atoms with van der Waals surface area (Å²) in [6, 6.07) is 2.83. The van der Waals surface area contributed by atoms with Gasteiger partial charge in [0.2, 0.25) is 0 Å². The second-order valence-electron chi connectivity index (χ2n) is 5.93. The van der Waals surface area contributed by atoms with E-state index in [4.69, 9.17) is 23.2 Å². The first kappa shape index (κ1) is 20.1. The SMILES string of the molecule is O=S(=O)(Nc1ccc(F)c(F)c1)N1CCCN(c2c(Cl)cncc2Cl)CC1. The molecule has 0 spiro atoms. The molecule has 0 radical (unpaired) electrons. The van der Waals surface area contributed by atoms with Gasteiger partial charge in [-0.25, -0.2) is 8.78 Å². The Morgan fingerprint density at radius 3 is 2.37 bits per heavy atom. The molecule has 3 rings (SSSR count). The average Bonchev–Trinajstić information content (AvgIpc) is 2.85. The monoisotopic (exact) mass is 436 g/mol. The third-order valence-corrected chi connectivity index (χ3v) is 6.20. The Kier molecular flexibility index (Phi) is 6.05. The molecule has 11 heteroatoms. The van der Waals surface area contributed by atoms with E-state index in [1.54, 1.807) is 0 Å². The Labute approximate surface area is 165 Å². The first-order chi connectivity index (χ1) is 12.8. The van der Waals surface area contributed by atoms with Crippen LogP contribution in [0.1, 0.15) is 6.42 Å². The molecule has 27 heavy (non-hydrogen) atoms. The van der Waals surface area contributed by atoms with Crippen LogP contribution in [0.5, 0.6) is 0 Å². The topological polar surface area (TPSA) is 65.5 Å². The Morgan fingerprint density at radius 2 is 1.70 bits per heavy atom. The lowest BCUT2D eigenvalue weighted by Crippen LogP contribution is -2.38. The molecule has 0 unspecified atom stereocenters. The third-order valence-electron chi connectivity index (χ3n) is 4.11. The number of hydrogen-bond donors (Lipinski definition) is 1. The van der Waals surface area contributed by atoms with E-state index in [2.05, 4.69) is 9.71 Å². The summed E-state index contributed by atoms with van der Waals surface area (Å²) in [5.74, 6) is -2.17. The highest BCUT2D eigenvalue weighted by Crippen LogP contribution is 2.33. The van der Waals surface area contributed by atoms with Crippen molar-refractivity contribution in [3.05, 3.63) is 52.3 Å². The highest BCUT2D eigenvalue weighted by atomic mass is 35.5. The van der Waals surface area contributed by atoms with Crippen LogP contribution in [0.15, 0.2) is 30.6 Å². The second-order valence-corrected chi connectivity index (χ2v) is 8.41. The fraction of sp³-hybridized carbons (Fsp3) is 0.312. The largest absolute Gasteiger partial charge is 0.368 e. The van der Waals surface area contributed by atoms with E-state index >= 15 is 0 Å². The van der Waals surface area contributed by atoms with Crippen molar-refractivity contribution < 1.29 is 17.2 Å². The summed E-state index contributed by atoms with van der Waals surface area (Å²) < 4.78 is 55.0. The van der Waals surface area contributed by atoms with Crippen molar-refractivity contribution in [3.63, 3.8) is 0 Å². The number of benzene rings is 1. The minimum absolute atomic E-state index is 0.0461. The van der Waals surface area contributed by atoms with Crippen molar-refractivity contribution in [2.45, 2.75) is 6.42 Å². The molecule has 146 valence electrons. The molecule has 2 heterocycles. The van der Waals surface area contributed by atoms with Crippen LogP contribution < -0.4 is 9.62 Å². The number of pyridine rings is 1. The fourth-order valence-corrected chi connectivity index (χ4v) is 4.69. The first-order valence-corrected chi connectivity index (χ1v) is 10.2. The van der Waals surface area contributed by atoms with Gasteiger partial charge in [-0.2, -0.15) is 12.7 Å². The highest BCUT2D eigenvalue weighted by Gasteiger charge is 2.27. The summed E-state index contributed by atoms with van der Waals surface area (Å²) in [5, 5.41) is 0.775. The van der Waals surface area contributed by atoms with Gasteiger partial charge < -0.3 is 4.90 Å². The maximum absolute atomic E-state index is 13.3. The van der Waals surface area contributed by atoms with Crippen molar-refractivity contribution in [2.24, 2.45) is 0 Å². The summed E-state index contributed by atoms with van der Waals surface area (Å²) in [7, 11) is -3.93. The van der Waals surface area contributed by atoms with Gasteiger partial charge in [0.25, 0.3) is 0 Å². The van der Waals surface area contributed by atoms with Crippen LogP contribution in [0.2, 0.25) is 10.0 Å². The molecule has 1 aliphatic heterocycles. The zero-order chi connectivity index (χ0) is 19.6. The van der Waals surface area contributed by atoms with Gasteiger partial charge in [0, 0.05) is 44.6 Å². The highest BCUT2D eigenvalue weighted by molar-refractivity contribution is 7.90. The van der Waals surface area contributed by atoms with Crippen molar-refractivity contribution in [3.8, 4) is 0 Å². The van der Waals surface area contributed by atoms with E-state index in [0.717, 1.165) is 18.2 Å². The van der Waals surface area contributed by atoms with E-state index in [-0.39, 0.29) is 18.8 Å². The predicted molar refractivity (Wildman–Crippen MR) is 102 cm³/mol. The van der Waals surface area contributed by atoms with Gasteiger partial charge in [0.05, 0.1) is 21.4 Å². The average molecular weight is 437 g/mol. The van der Waals surface area contributed by atoms with Crippen molar-refractivity contribution in [1.82, 2.24) is 9.29 Å². The van der Waals surface area contributed by atoms with E-state index in [1.807, 2.05) is 4.90 Å². The summed E-state index contributed by atoms with van der Waals surface area (Å²) in [5.41, 5.74) is 0.566. The molecule has 0 atom stereocenters. The van der Waals surface area contributed by atoms with Gasteiger partial charge in [-0.15, -0.1) is 0 Å². The molecule has 0 saturated carbocycles. The number of anilines is 2. The summed E-state index contributed by atoms with van der Waals surface area (Å²) in [6.07, 6.45) is 3.49. The lowest BCUT2D eigenvalue weighted by molar-refractivity contribution is 0.437. The minimum atomic E-state index is -3.93. The molecule has 0 aliphatic carbocycles. The van der Waals surface area contributed by atoms with Gasteiger partial charge in [-0.1, -0.05) is 23.2 Å². The Bertz CT molecular complexity index is 926. The minimum Gasteiger partial charge on any atom is -0.368 e. The Morgan fingerprint density at radius 1 is 1.00 bits per heavy atom. The molecule has 1 aromatic carbocycles. The Hall–Kier alpha value is -1.68. The maximum Gasteiger partial charge on any atom is 0.301 e. The van der Waals surface area contributed by atoms with Gasteiger partial charge in [0.1, 0.15) is 0 Å². The van der Waals surface area contributed by atoms with Crippen LogP contribution in [0.3, 0.4) is 0 Å². The molecular weight excluding hydrogens is 421 g/mol. The van der Waals surface area contributed by atoms with Gasteiger partial charge in [-0.05, 0) is 18.6 Å². The second kappa shape index (κ2) is 8.14. The van der Waals surface area contributed by atoms with Crippen LogP contribution in [-0.4, -0.2) is 43.9 Å². The maximum atomic E-state index is 13.3. The molecule has 0 bridgehead atoms. The lowest BCUT2D eigenvalue weighted by Gasteiger charge is -2.25. The Balaban J connectivity index is 1.74. The first-order valence-electron chi connectivity index (χ1n) is 8.05. The molecule has 2 aromatic rings. The number of halogens is 4. The summed E-state index contributed by atoms with van der Waals surface area (Å²) >= 11 is 12.4. The van der Waals surface area contributed by atoms with Crippen LogP contribution >= 0.6 is 23.2 Å². The molecule has 1 saturated heterocycles. The summed E-state index contributed by atoms with van der Waals surface area (Å²) in [4.78, 5) is 5.82. The number of aromatic nitrogens is 1. The van der Waals surface area contributed by atoms with E-state index < -0.39 is 21.8 Å².